The molecule has 0 radical (unpaired) electrons. The van der Waals surface area contributed by atoms with Crippen LogP contribution in [0.4, 0.5) is 0 Å². The summed E-state index contributed by atoms with van der Waals surface area (Å²) in [5.74, 6) is 0.0824. The van der Waals surface area contributed by atoms with E-state index < -0.39 is 0 Å². The van der Waals surface area contributed by atoms with Crippen molar-refractivity contribution in [2.24, 2.45) is 7.05 Å². The van der Waals surface area contributed by atoms with E-state index in [9.17, 15) is 4.79 Å². The van der Waals surface area contributed by atoms with E-state index in [2.05, 4.69) is 17.2 Å². The van der Waals surface area contributed by atoms with Crippen molar-refractivity contribution < 1.29 is 4.79 Å². The van der Waals surface area contributed by atoms with Crippen molar-refractivity contribution in [1.82, 2.24) is 14.7 Å². The van der Waals surface area contributed by atoms with E-state index in [0.717, 1.165) is 36.3 Å². The zero-order valence-corrected chi connectivity index (χ0v) is 14.0. The fourth-order valence-electron chi connectivity index (χ4n) is 3.33. The monoisotopic (exact) mass is 309 g/mol. The van der Waals surface area contributed by atoms with Crippen molar-refractivity contribution >= 4 is 12.0 Å². The van der Waals surface area contributed by atoms with Gasteiger partial charge >= 0.3 is 0 Å². The lowest BCUT2D eigenvalue weighted by Crippen LogP contribution is -2.28. The molecule has 2 heterocycles. The number of hydrogen-bond donors (Lipinski definition) is 0. The number of aryl methyl sites for hydroxylation is 2. The Hall–Kier alpha value is -2.36. The van der Waals surface area contributed by atoms with Crippen LogP contribution in [0.3, 0.4) is 0 Å². The maximum Gasteiger partial charge on any atom is 0.247 e. The highest BCUT2D eigenvalue weighted by Crippen LogP contribution is 2.32. The van der Waals surface area contributed by atoms with Crippen LogP contribution in [0.25, 0.3) is 6.08 Å². The summed E-state index contributed by atoms with van der Waals surface area (Å²) >= 11 is 0. The predicted molar refractivity (Wildman–Crippen MR) is 91.8 cm³/mol. The van der Waals surface area contributed by atoms with Gasteiger partial charge in [0.05, 0.1) is 11.7 Å². The molecule has 1 aliphatic rings. The third kappa shape index (κ3) is 3.07. The van der Waals surface area contributed by atoms with Gasteiger partial charge in [-0.1, -0.05) is 30.3 Å². The Morgan fingerprint density at radius 3 is 2.65 bits per heavy atom. The van der Waals surface area contributed by atoms with Crippen LogP contribution in [0.2, 0.25) is 0 Å². The van der Waals surface area contributed by atoms with Gasteiger partial charge in [-0.25, -0.2) is 0 Å². The lowest BCUT2D eigenvalue weighted by Gasteiger charge is -2.23. The minimum Gasteiger partial charge on any atom is -0.332 e. The average Bonchev–Trinajstić information content (AvgIpc) is 3.13. The van der Waals surface area contributed by atoms with Gasteiger partial charge in [0.2, 0.25) is 5.91 Å². The molecule has 1 aromatic heterocycles. The minimum atomic E-state index is 0.0824. The number of carbonyl (C=O) groups excluding carboxylic acids is 1. The summed E-state index contributed by atoms with van der Waals surface area (Å²) in [6.45, 7) is 4.82. The molecule has 0 N–H and O–H groups in total. The normalized spacial score (nSPS) is 18.0. The number of likely N-dealkylation sites (tertiary alicyclic amines) is 1. The van der Waals surface area contributed by atoms with Gasteiger partial charge in [0, 0.05) is 30.9 Å². The van der Waals surface area contributed by atoms with Gasteiger partial charge in [-0.05, 0) is 38.3 Å². The van der Waals surface area contributed by atoms with Crippen molar-refractivity contribution in [3.8, 4) is 0 Å². The first-order valence-electron chi connectivity index (χ1n) is 8.11. The Morgan fingerprint density at radius 1 is 1.26 bits per heavy atom. The highest BCUT2D eigenvalue weighted by molar-refractivity contribution is 5.92. The number of aromatic nitrogens is 2. The minimum absolute atomic E-state index is 0.0824. The molecule has 1 saturated heterocycles. The molecule has 1 aliphatic heterocycles. The van der Waals surface area contributed by atoms with Crippen LogP contribution in [-0.2, 0) is 11.8 Å². The largest absolute Gasteiger partial charge is 0.332 e. The Kier molecular flexibility index (Phi) is 4.33. The van der Waals surface area contributed by atoms with E-state index in [1.807, 2.05) is 54.8 Å². The second-order valence-corrected chi connectivity index (χ2v) is 6.14. The summed E-state index contributed by atoms with van der Waals surface area (Å²) in [5, 5.41) is 4.39. The quantitative estimate of drug-likeness (QED) is 0.815. The molecule has 0 unspecified atom stereocenters. The number of benzene rings is 1. The Morgan fingerprint density at radius 2 is 2.00 bits per heavy atom. The molecule has 1 fully saturated rings. The van der Waals surface area contributed by atoms with Gasteiger partial charge in [0.1, 0.15) is 0 Å². The molecule has 1 aromatic carbocycles. The number of nitrogens with zero attached hydrogens (tertiary/aromatic N) is 3. The Bertz CT molecular complexity index is 731. The zero-order chi connectivity index (χ0) is 16.4. The molecular weight excluding hydrogens is 286 g/mol. The highest BCUT2D eigenvalue weighted by atomic mass is 16.2. The summed E-state index contributed by atoms with van der Waals surface area (Å²) in [4.78, 5) is 14.6. The SMILES string of the molecule is Cc1nn(C)c(C)c1/C=C/C(=O)N1CCC[C@H]1c1ccccc1. The molecule has 4 nitrogen and oxygen atoms in total. The molecule has 0 saturated carbocycles. The maximum atomic E-state index is 12.6. The summed E-state index contributed by atoms with van der Waals surface area (Å²) < 4.78 is 1.85. The summed E-state index contributed by atoms with van der Waals surface area (Å²) in [7, 11) is 1.92. The molecule has 1 amide bonds. The smallest absolute Gasteiger partial charge is 0.247 e. The van der Waals surface area contributed by atoms with Crippen LogP contribution in [0, 0.1) is 13.8 Å². The second kappa shape index (κ2) is 6.41. The van der Waals surface area contributed by atoms with Crippen molar-refractivity contribution in [3.05, 3.63) is 58.9 Å². The van der Waals surface area contributed by atoms with Crippen LogP contribution in [0.5, 0.6) is 0 Å². The van der Waals surface area contributed by atoms with Crippen LogP contribution in [0.1, 0.15) is 41.4 Å². The van der Waals surface area contributed by atoms with Gasteiger partial charge in [0.15, 0.2) is 0 Å². The van der Waals surface area contributed by atoms with Crippen molar-refractivity contribution in [2.45, 2.75) is 32.7 Å². The van der Waals surface area contributed by atoms with E-state index in [0.29, 0.717) is 0 Å². The van der Waals surface area contributed by atoms with E-state index in [1.54, 1.807) is 6.08 Å². The van der Waals surface area contributed by atoms with Crippen molar-refractivity contribution in [1.29, 1.82) is 0 Å². The van der Waals surface area contributed by atoms with E-state index in [1.165, 1.54) is 5.56 Å². The molecule has 2 aromatic rings. The highest BCUT2D eigenvalue weighted by Gasteiger charge is 2.28. The third-order valence-electron chi connectivity index (χ3n) is 4.68. The van der Waals surface area contributed by atoms with Gasteiger partial charge in [0.25, 0.3) is 0 Å². The first-order valence-corrected chi connectivity index (χ1v) is 8.11. The maximum absolute atomic E-state index is 12.6. The average molecular weight is 309 g/mol. The number of carbonyl (C=O) groups is 1. The lowest BCUT2D eigenvalue weighted by molar-refractivity contribution is -0.126. The van der Waals surface area contributed by atoms with E-state index >= 15 is 0 Å². The number of hydrogen-bond acceptors (Lipinski definition) is 2. The van der Waals surface area contributed by atoms with E-state index in [-0.39, 0.29) is 11.9 Å². The molecule has 23 heavy (non-hydrogen) atoms. The first-order chi connectivity index (χ1) is 11.1. The predicted octanol–water partition coefficient (Wildman–Crippen LogP) is 3.41. The van der Waals surface area contributed by atoms with E-state index in [4.69, 9.17) is 0 Å². The second-order valence-electron chi connectivity index (χ2n) is 6.14. The topological polar surface area (TPSA) is 38.1 Å². The Balaban J connectivity index is 1.78. The van der Waals surface area contributed by atoms with Crippen LogP contribution in [0.15, 0.2) is 36.4 Å². The van der Waals surface area contributed by atoms with Gasteiger partial charge in [-0.15, -0.1) is 0 Å². The van der Waals surface area contributed by atoms with Crippen LogP contribution < -0.4 is 0 Å². The molecule has 3 rings (SSSR count). The summed E-state index contributed by atoms with van der Waals surface area (Å²) in [6, 6.07) is 10.5. The molecule has 0 spiro atoms. The summed E-state index contributed by atoms with van der Waals surface area (Å²) in [6.07, 6.45) is 5.69. The zero-order valence-electron chi connectivity index (χ0n) is 14.0. The third-order valence-corrected chi connectivity index (χ3v) is 4.68. The fraction of sp³-hybridized carbons (Fsp3) is 0.368. The molecule has 1 atom stereocenters. The van der Waals surface area contributed by atoms with Crippen LogP contribution >= 0.6 is 0 Å². The van der Waals surface area contributed by atoms with Crippen molar-refractivity contribution in [2.75, 3.05) is 6.54 Å². The molecule has 0 aliphatic carbocycles. The molecule has 0 bridgehead atoms. The van der Waals surface area contributed by atoms with Gasteiger partial charge in [-0.3, -0.25) is 9.48 Å². The number of amides is 1. The Labute approximate surface area is 137 Å². The number of rotatable bonds is 3. The van der Waals surface area contributed by atoms with Gasteiger partial charge in [-0.2, -0.15) is 5.10 Å². The molecule has 4 heteroatoms. The summed E-state index contributed by atoms with van der Waals surface area (Å²) in [5.41, 5.74) is 4.29. The fourth-order valence-corrected chi connectivity index (χ4v) is 3.33. The van der Waals surface area contributed by atoms with Gasteiger partial charge < -0.3 is 4.90 Å². The molecular formula is C19H23N3O. The standard InChI is InChI=1S/C19H23N3O/c1-14-17(15(2)21(3)20-14)11-12-19(23)22-13-7-10-18(22)16-8-5-4-6-9-16/h4-6,8-9,11-12,18H,7,10,13H2,1-3H3/b12-11+/t18-/m0/s1. The molecule has 120 valence electrons. The lowest BCUT2D eigenvalue weighted by atomic mass is 10.0. The van der Waals surface area contributed by atoms with Crippen molar-refractivity contribution in [3.63, 3.8) is 0 Å². The van der Waals surface area contributed by atoms with Crippen LogP contribution in [-0.4, -0.2) is 27.1 Å². The first kappa shape index (κ1) is 15.5.